The molecule has 7 heteroatoms. The highest BCUT2D eigenvalue weighted by Gasteiger charge is 2.10. The average Bonchev–Trinajstić information content (AvgIpc) is 2.10. The van der Waals surface area contributed by atoms with Crippen molar-refractivity contribution < 1.29 is 23.5 Å². The zero-order valence-electron chi connectivity index (χ0n) is 8.30. The fourth-order valence-electron chi connectivity index (χ4n) is 0.870. The van der Waals surface area contributed by atoms with Crippen molar-refractivity contribution in [2.24, 2.45) is 5.92 Å². The summed E-state index contributed by atoms with van der Waals surface area (Å²) in [6.07, 6.45) is -2.66. The topological polar surface area (TPSA) is 78.4 Å². The first-order valence-electron chi connectivity index (χ1n) is 4.43. The third kappa shape index (κ3) is 8.92. The second-order valence-electron chi connectivity index (χ2n) is 3.19. The molecule has 0 aliphatic carbocycles. The van der Waals surface area contributed by atoms with Crippen molar-refractivity contribution in [3.8, 4) is 0 Å². The van der Waals surface area contributed by atoms with Crippen LogP contribution in [0.1, 0.15) is 13.3 Å². The molecule has 5 nitrogen and oxygen atoms in total. The summed E-state index contributed by atoms with van der Waals surface area (Å²) in [6, 6.07) is -0.715. The zero-order valence-corrected chi connectivity index (χ0v) is 8.30. The number of hydrogen-bond acceptors (Lipinski definition) is 2. The smallest absolute Gasteiger partial charge is 0.314 e. The molecular formula is C8H14F2N2O3. The number of carboxylic acids is 1. The van der Waals surface area contributed by atoms with Crippen LogP contribution in [0.25, 0.3) is 0 Å². The first kappa shape index (κ1) is 13.6. The van der Waals surface area contributed by atoms with Crippen LogP contribution in [-0.2, 0) is 4.79 Å². The van der Waals surface area contributed by atoms with Gasteiger partial charge in [-0.05, 0) is 5.92 Å². The van der Waals surface area contributed by atoms with E-state index < -0.39 is 25.0 Å². The summed E-state index contributed by atoms with van der Waals surface area (Å²) in [7, 11) is 0. The molecule has 0 spiro atoms. The van der Waals surface area contributed by atoms with Gasteiger partial charge in [0.25, 0.3) is 6.43 Å². The van der Waals surface area contributed by atoms with Crippen molar-refractivity contribution in [1.29, 1.82) is 0 Å². The Morgan fingerprint density at radius 3 is 2.27 bits per heavy atom. The molecule has 0 aromatic heterocycles. The fourth-order valence-corrected chi connectivity index (χ4v) is 0.870. The lowest BCUT2D eigenvalue weighted by atomic mass is 10.1. The number of amides is 2. The van der Waals surface area contributed by atoms with Gasteiger partial charge >= 0.3 is 12.0 Å². The van der Waals surface area contributed by atoms with Crippen molar-refractivity contribution in [2.75, 3.05) is 13.1 Å². The van der Waals surface area contributed by atoms with E-state index in [2.05, 4.69) is 5.32 Å². The molecule has 15 heavy (non-hydrogen) atoms. The van der Waals surface area contributed by atoms with Gasteiger partial charge < -0.3 is 15.7 Å². The molecule has 1 atom stereocenters. The molecule has 3 N–H and O–H groups in total. The molecule has 0 aromatic carbocycles. The Morgan fingerprint density at radius 2 is 1.80 bits per heavy atom. The van der Waals surface area contributed by atoms with E-state index in [0.29, 0.717) is 0 Å². The number of aliphatic carboxylic acids is 1. The van der Waals surface area contributed by atoms with Gasteiger partial charge in [0.15, 0.2) is 0 Å². The van der Waals surface area contributed by atoms with Crippen LogP contribution in [0.4, 0.5) is 13.6 Å². The van der Waals surface area contributed by atoms with E-state index in [1.807, 2.05) is 5.32 Å². The maximum atomic E-state index is 11.6. The third-order valence-corrected chi connectivity index (χ3v) is 1.55. The lowest BCUT2D eigenvalue weighted by molar-refractivity contribution is -0.137. The Bertz CT molecular complexity index is 224. The summed E-state index contributed by atoms with van der Waals surface area (Å²) in [5.74, 6) is -1.20. The van der Waals surface area contributed by atoms with Crippen LogP contribution in [0.5, 0.6) is 0 Å². The monoisotopic (exact) mass is 224 g/mol. The minimum absolute atomic E-state index is 0.0743. The van der Waals surface area contributed by atoms with Crippen LogP contribution >= 0.6 is 0 Å². The molecule has 0 bridgehead atoms. The van der Waals surface area contributed by atoms with E-state index in [1.165, 1.54) is 0 Å². The van der Waals surface area contributed by atoms with Gasteiger partial charge in [0.1, 0.15) is 0 Å². The summed E-state index contributed by atoms with van der Waals surface area (Å²) < 4.78 is 23.3. The Hall–Kier alpha value is -1.40. The highest BCUT2D eigenvalue weighted by atomic mass is 19.3. The molecule has 0 fully saturated rings. The third-order valence-electron chi connectivity index (χ3n) is 1.55. The highest BCUT2D eigenvalue weighted by Crippen LogP contribution is 1.98. The lowest BCUT2D eigenvalue weighted by Gasteiger charge is -2.10. The second kappa shape index (κ2) is 6.97. The molecule has 0 aliphatic rings. The maximum Gasteiger partial charge on any atom is 0.314 e. The largest absolute Gasteiger partial charge is 0.481 e. The van der Waals surface area contributed by atoms with Gasteiger partial charge in [-0.1, -0.05) is 6.92 Å². The first-order chi connectivity index (χ1) is 6.91. The lowest BCUT2D eigenvalue weighted by Crippen LogP contribution is -2.40. The number of urea groups is 1. The normalized spacial score (nSPS) is 12.3. The van der Waals surface area contributed by atoms with E-state index in [1.54, 1.807) is 6.92 Å². The summed E-state index contributed by atoms with van der Waals surface area (Å²) >= 11 is 0. The van der Waals surface area contributed by atoms with Crippen molar-refractivity contribution in [3.05, 3.63) is 0 Å². The van der Waals surface area contributed by atoms with Crippen LogP contribution in [0.2, 0.25) is 0 Å². The molecular weight excluding hydrogens is 210 g/mol. The number of carbonyl (C=O) groups excluding carboxylic acids is 1. The highest BCUT2D eigenvalue weighted by molar-refractivity contribution is 5.74. The van der Waals surface area contributed by atoms with E-state index in [-0.39, 0.29) is 18.9 Å². The number of halogens is 2. The predicted octanol–water partition coefficient (Wildman–Crippen LogP) is 0.661. The average molecular weight is 224 g/mol. The molecule has 0 aromatic rings. The molecule has 0 aliphatic heterocycles. The van der Waals surface area contributed by atoms with Crippen LogP contribution in [0.3, 0.4) is 0 Å². The van der Waals surface area contributed by atoms with Gasteiger partial charge in [0.05, 0.1) is 6.54 Å². The molecule has 88 valence electrons. The first-order valence-corrected chi connectivity index (χ1v) is 4.43. The van der Waals surface area contributed by atoms with Crippen molar-refractivity contribution in [3.63, 3.8) is 0 Å². The Labute approximate surface area is 85.8 Å². The Kier molecular flexibility index (Phi) is 6.32. The van der Waals surface area contributed by atoms with Crippen LogP contribution in [0.15, 0.2) is 0 Å². The standard InChI is InChI=1S/C8H14F2N2O3/c1-5(2-7(13)14)3-11-8(15)12-4-6(9)10/h5-6H,2-4H2,1H3,(H,13,14)(H2,11,12,15). The Morgan fingerprint density at radius 1 is 1.27 bits per heavy atom. The number of rotatable bonds is 6. The molecule has 2 amide bonds. The minimum Gasteiger partial charge on any atom is -0.481 e. The number of carboxylic acid groups (broad SMARTS) is 1. The van der Waals surface area contributed by atoms with Crippen LogP contribution in [0, 0.1) is 5.92 Å². The van der Waals surface area contributed by atoms with E-state index >= 15 is 0 Å². The van der Waals surface area contributed by atoms with E-state index in [0.717, 1.165) is 0 Å². The summed E-state index contributed by atoms with van der Waals surface area (Å²) in [6.45, 7) is 1.07. The van der Waals surface area contributed by atoms with Crippen molar-refractivity contribution >= 4 is 12.0 Å². The fraction of sp³-hybridized carbons (Fsp3) is 0.750. The molecule has 0 saturated carbocycles. The Balaban J connectivity index is 3.57. The van der Waals surface area contributed by atoms with E-state index in [4.69, 9.17) is 5.11 Å². The predicted molar refractivity (Wildman–Crippen MR) is 48.8 cm³/mol. The van der Waals surface area contributed by atoms with Gasteiger partial charge in [-0.2, -0.15) is 0 Å². The molecule has 0 saturated heterocycles. The van der Waals surface area contributed by atoms with Crippen LogP contribution < -0.4 is 10.6 Å². The molecule has 0 radical (unpaired) electrons. The molecule has 0 rings (SSSR count). The summed E-state index contributed by atoms with van der Waals surface area (Å²) in [5, 5.41) is 12.6. The zero-order chi connectivity index (χ0) is 11.8. The number of carbonyl (C=O) groups is 2. The summed E-state index contributed by atoms with van der Waals surface area (Å²) in [5.41, 5.74) is 0. The van der Waals surface area contributed by atoms with E-state index in [9.17, 15) is 18.4 Å². The summed E-state index contributed by atoms with van der Waals surface area (Å²) in [4.78, 5) is 21.1. The number of hydrogen-bond donors (Lipinski definition) is 3. The van der Waals surface area contributed by atoms with Gasteiger partial charge in [-0.3, -0.25) is 4.79 Å². The maximum absolute atomic E-state index is 11.6. The number of nitrogens with one attached hydrogen (secondary N) is 2. The quantitative estimate of drug-likeness (QED) is 0.620. The molecule has 0 heterocycles. The van der Waals surface area contributed by atoms with Crippen molar-refractivity contribution in [1.82, 2.24) is 10.6 Å². The van der Waals surface area contributed by atoms with Gasteiger partial charge in [-0.15, -0.1) is 0 Å². The van der Waals surface area contributed by atoms with Gasteiger partial charge in [0, 0.05) is 13.0 Å². The minimum atomic E-state index is -2.59. The SMILES string of the molecule is CC(CNC(=O)NCC(F)F)CC(=O)O. The van der Waals surface area contributed by atoms with Gasteiger partial charge in [0.2, 0.25) is 0 Å². The molecule has 1 unspecified atom stereocenters. The number of alkyl halides is 2. The van der Waals surface area contributed by atoms with Gasteiger partial charge in [-0.25, -0.2) is 13.6 Å². The van der Waals surface area contributed by atoms with Crippen molar-refractivity contribution in [2.45, 2.75) is 19.8 Å². The van der Waals surface area contributed by atoms with Crippen LogP contribution in [-0.4, -0.2) is 36.6 Å². The second-order valence-corrected chi connectivity index (χ2v) is 3.19.